The third kappa shape index (κ3) is 4.50. The van der Waals surface area contributed by atoms with Crippen LogP contribution in [0.3, 0.4) is 0 Å². The second kappa shape index (κ2) is 7.86. The maximum atomic E-state index is 3.33. The van der Waals surface area contributed by atoms with Crippen LogP contribution in [0.5, 0.6) is 0 Å². The van der Waals surface area contributed by atoms with E-state index in [2.05, 4.69) is 66.8 Å². The van der Waals surface area contributed by atoms with E-state index >= 15 is 0 Å². The second-order valence-electron chi connectivity index (χ2n) is 5.49. The molecule has 0 saturated heterocycles. The Labute approximate surface area is 123 Å². The molecule has 0 aliphatic carbocycles. The van der Waals surface area contributed by atoms with Crippen molar-refractivity contribution in [1.29, 1.82) is 0 Å². The van der Waals surface area contributed by atoms with Crippen LogP contribution in [0, 0.1) is 5.92 Å². The summed E-state index contributed by atoms with van der Waals surface area (Å²) in [6.07, 6.45) is 3.39. The molecule has 106 valence electrons. The van der Waals surface area contributed by atoms with E-state index in [1.165, 1.54) is 16.7 Å². The van der Waals surface area contributed by atoms with Crippen LogP contribution in [0.2, 0.25) is 0 Å². The van der Waals surface area contributed by atoms with Crippen LogP contribution < -0.4 is 5.32 Å². The van der Waals surface area contributed by atoms with Crippen molar-refractivity contribution in [2.45, 2.75) is 26.2 Å². The fourth-order valence-electron chi connectivity index (χ4n) is 2.70. The average Bonchev–Trinajstić information content (AvgIpc) is 2.49. The molecule has 0 heterocycles. The summed E-state index contributed by atoms with van der Waals surface area (Å²) in [5, 5.41) is 3.33. The first kappa shape index (κ1) is 14.8. The maximum absolute atomic E-state index is 3.33. The first-order chi connectivity index (χ1) is 9.81. The van der Waals surface area contributed by atoms with Crippen molar-refractivity contribution in [2.75, 3.05) is 13.6 Å². The first-order valence-electron chi connectivity index (χ1n) is 7.58. The van der Waals surface area contributed by atoms with Crippen LogP contribution in [0.25, 0.3) is 0 Å². The molecular formula is C19H25N. The molecule has 0 radical (unpaired) electrons. The molecule has 2 rings (SSSR count). The summed E-state index contributed by atoms with van der Waals surface area (Å²) in [6.45, 7) is 3.26. The topological polar surface area (TPSA) is 12.0 Å². The van der Waals surface area contributed by atoms with Gasteiger partial charge in [-0.1, -0.05) is 61.5 Å². The van der Waals surface area contributed by atoms with Gasteiger partial charge in [0.15, 0.2) is 0 Å². The van der Waals surface area contributed by atoms with E-state index in [9.17, 15) is 0 Å². The Bertz CT molecular complexity index is 487. The SMILES string of the molecule is CCc1ccc(CC(CNC)Cc2ccccc2)cc1. The smallest absolute Gasteiger partial charge is 0.00172 e. The van der Waals surface area contributed by atoms with E-state index in [0.29, 0.717) is 5.92 Å². The summed E-state index contributed by atoms with van der Waals surface area (Å²) >= 11 is 0. The molecule has 0 bridgehead atoms. The van der Waals surface area contributed by atoms with Gasteiger partial charge in [-0.15, -0.1) is 0 Å². The van der Waals surface area contributed by atoms with Gasteiger partial charge in [0.05, 0.1) is 0 Å². The van der Waals surface area contributed by atoms with Crippen molar-refractivity contribution in [1.82, 2.24) is 5.32 Å². The lowest BCUT2D eigenvalue weighted by molar-refractivity contribution is 0.493. The molecule has 2 aromatic rings. The zero-order chi connectivity index (χ0) is 14.2. The molecule has 1 nitrogen and oxygen atoms in total. The quantitative estimate of drug-likeness (QED) is 0.803. The third-order valence-electron chi connectivity index (χ3n) is 3.82. The number of benzene rings is 2. The van der Waals surface area contributed by atoms with E-state index in [-0.39, 0.29) is 0 Å². The van der Waals surface area contributed by atoms with E-state index in [0.717, 1.165) is 25.8 Å². The number of aryl methyl sites for hydroxylation is 1. The Balaban J connectivity index is 2.00. The van der Waals surface area contributed by atoms with E-state index in [4.69, 9.17) is 0 Å². The van der Waals surface area contributed by atoms with Gasteiger partial charge in [-0.05, 0) is 55.5 Å². The standard InChI is InChI=1S/C19H25N/c1-3-16-9-11-18(12-10-16)14-19(15-20-2)13-17-7-5-4-6-8-17/h4-12,19-20H,3,13-15H2,1-2H3. The molecule has 0 aliphatic heterocycles. The van der Waals surface area contributed by atoms with Gasteiger partial charge in [-0.25, -0.2) is 0 Å². The Morgan fingerprint density at radius 3 is 1.90 bits per heavy atom. The van der Waals surface area contributed by atoms with Crippen LogP contribution in [-0.2, 0) is 19.3 Å². The van der Waals surface area contributed by atoms with Gasteiger partial charge in [0.25, 0.3) is 0 Å². The van der Waals surface area contributed by atoms with E-state index < -0.39 is 0 Å². The summed E-state index contributed by atoms with van der Waals surface area (Å²) < 4.78 is 0. The van der Waals surface area contributed by atoms with Crippen LogP contribution in [0.4, 0.5) is 0 Å². The molecule has 0 amide bonds. The van der Waals surface area contributed by atoms with Crippen molar-refractivity contribution in [2.24, 2.45) is 5.92 Å². The highest BCUT2D eigenvalue weighted by Gasteiger charge is 2.10. The third-order valence-corrected chi connectivity index (χ3v) is 3.82. The van der Waals surface area contributed by atoms with Crippen molar-refractivity contribution < 1.29 is 0 Å². The lowest BCUT2D eigenvalue weighted by Crippen LogP contribution is -2.22. The van der Waals surface area contributed by atoms with Crippen LogP contribution in [-0.4, -0.2) is 13.6 Å². The minimum Gasteiger partial charge on any atom is -0.319 e. The minimum atomic E-state index is 0.648. The van der Waals surface area contributed by atoms with Crippen LogP contribution in [0.15, 0.2) is 54.6 Å². The number of rotatable bonds is 7. The fraction of sp³-hybridized carbons (Fsp3) is 0.368. The summed E-state index contributed by atoms with van der Waals surface area (Å²) in [5.41, 5.74) is 4.29. The number of nitrogens with one attached hydrogen (secondary N) is 1. The summed E-state index contributed by atoms with van der Waals surface area (Å²) in [6, 6.07) is 19.9. The minimum absolute atomic E-state index is 0.648. The zero-order valence-electron chi connectivity index (χ0n) is 12.6. The Hall–Kier alpha value is -1.60. The highest BCUT2D eigenvalue weighted by atomic mass is 14.8. The van der Waals surface area contributed by atoms with E-state index in [1.54, 1.807) is 0 Å². The zero-order valence-corrected chi connectivity index (χ0v) is 12.6. The normalized spacial score (nSPS) is 12.3. The average molecular weight is 267 g/mol. The van der Waals surface area contributed by atoms with Gasteiger partial charge >= 0.3 is 0 Å². The summed E-state index contributed by atoms with van der Waals surface area (Å²) in [5.74, 6) is 0.648. The van der Waals surface area contributed by atoms with Crippen molar-refractivity contribution in [3.8, 4) is 0 Å². The molecule has 0 fully saturated rings. The Kier molecular flexibility index (Phi) is 5.82. The molecule has 0 saturated carbocycles. The summed E-state index contributed by atoms with van der Waals surface area (Å²) in [4.78, 5) is 0. The molecule has 1 unspecified atom stereocenters. The van der Waals surface area contributed by atoms with Gasteiger partial charge in [0.1, 0.15) is 0 Å². The fourth-order valence-corrected chi connectivity index (χ4v) is 2.70. The lowest BCUT2D eigenvalue weighted by Gasteiger charge is -2.17. The molecule has 0 spiro atoms. The predicted octanol–water partition coefficient (Wildman–Crippen LogP) is 3.87. The molecule has 1 N–H and O–H groups in total. The maximum Gasteiger partial charge on any atom is -0.00172 e. The lowest BCUT2D eigenvalue weighted by atomic mass is 9.92. The molecule has 1 heteroatoms. The van der Waals surface area contributed by atoms with Gasteiger partial charge in [-0.3, -0.25) is 0 Å². The monoisotopic (exact) mass is 267 g/mol. The number of hydrogen-bond donors (Lipinski definition) is 1. The van der Waals surface area contributed by atoms with Gasteiger partial charge in [0.2, 0.25) is 0 Å². The van der Waals surface area contributed by atoms with Gasteiger partial charge < -0.3 is 5.32 Å². The van der Waals surface area contributed by atoms with Crippen molar-refractivity contribution in [3.63, 3.8) is 0 Å². The molecule has 20 heavy (non-hydrogen) atoms. The first-order valence-corrected chi connectivity index (χ1v) is 7.58. The van der Waals surface area contributed by atoms with Gasteiger partial charge in [-0.2, -0.15) is 0 Å². The van der Waals surface area contributed by atoms with Crippen molar-refractivity contribution in [3.05, 3.63) is 71.3 Å². The van der Waals surface area contributed by atoms with Crippen LogP contribution >= 0.6 is 0 Å². The predicted molar refractivity (Wildman–Crippen MR) is 87.1 cm³/mol. The molecule has 2 aromatic carbocycles. The largest absolute Gasteiger partial charge is 0.319 e. The Morgan fingerprint density at radius 2 is 1.35 bits per heavy atom. The van der Waals surface area contributed by atoms with Crippen molar-refractivity contribution >= 4 is 0 Å². The number of hydrogen-bond acceptors (Lipinski definition) is 1. The molecular weight excluding hydrogens is 242 g/mol. The van der Waals surface area contributed by atoms with E-state index in [1.807, 2.05) is 7.05 Å². The van der Waals surface area contributed by atoms with Gasteiger partial charge in [0, 0.05) is 0 Å². The highest BCUT2D eigenvalue weighted by molar-refractivity contribution is 5.23. The second-order valence-corrected chi connectivity index (χ2v) is 5.49. The Morgan fingerprint density at radius 1 is 0.800 bits per heavy atom. The molecule has 1 atom stereocenters. The summed E-state index contributed by atoms with van der Waals surface area (Å²) in [7, 11) is 2.04. The molecule has 0 aliphatic rings. The van der Waals surface area contributed by atoms with Crippen LogP contribution in [0.1, 0.15) is 23.6 Å². The molecule has 0 aromatic heterocycles. The highest BCUT2D eigenvalue weighted by Crippen LogP contribution is 2.15.